The van der Waals surface area contributed by atoms with E-state index in [9.17, 15) is 0 Å². The maximum Gasteiger partial charge on any atom is 0.0622 e. The van der Waals surface area contributed by atoms with Crippen LogP contribution in [0.15, 0.2) is 29.4 Å². The molecule has 0 aliphatic rings. The number of hydrogen-bond donors (Lipinski definition) is 0. The summed E-state index contributed by atoms with van der Waals surface area (Å²) in [6, 6.07) is 8.27. The number of rotatable bonds is 3. The summed E-state index contributed by atoms with van der Waals surface area (Å²) in [7, 11) is 0. The van der Waals surface area contributed by atoms with E-state index in [0.717, 1.165) is 6.54 Å². The van der Waals surface area contributed by atoms with Gasteiger partial charge in [0.1, 0.15) is 0 Å². The number of aryl methyl sites for hydroxylation is 1. The maximum atomic E-state index is 4.28. The third-order valence-electron chi connectivity index (χ3n) is 1.95. The van der Waals surface area contributed by atoms with Crippen LogP contribution < -0.4 is 5.01 Å². The van der Waals surface area contributed by atoms with E-state index in [4.69, 9.17) is 0 Å². The second-order valence-electron chi connectivity index (χ2n) is 2.88. The van der Waals surface area contributed by atoms with Gasteiger partial charge in [-0.05, 0) is 32.4 Å². The molecule has 0 aliphatic carbocycles. The van der Waals surface area contributed by atoms with Crippen molar-refractivity contribution in [2.75, 3.05) is 11.6 Å². The van der Waals surface area contributed by atoms with Gasteiger partial charge in [-0.2, -0.15) is 5.10 Å². The lowest BCUT2D eigenvalue weighted by Crippen LogP contribution is -2.16. The molecule has 0 saturated carbocycles. The molecule has 1 rings (SSSR count). The van der Waals surface area contributed by atoms with Crippen LogP contribution in [0.3, 0.4) is 0 Å². The van der Waals surface area contributed by atoms with Gasteiger partial charge in [0.15, 0.2) is 0 Å². The lowest BCUT2D eigenvalue weighted by molar-refractivity contribution is 0.891. The average molecular weight is 176 g/mol. The average Bonchev–Trinajstić information content (AvgIpc) is 2.16. The number of para-hydroxylation sites is 1. The first-order chi connectivity index (χ1) is 6.29. The highest BCUT2D eigenvalue weighted by Crippen LogP contribution is 2.18. The van der Waals surface area contributed by atoms with E-state index in [0.29, 0.717) is 0 Å². The van der Waals surface area contributed by atoms with Crippen molar-refractivity contribution >= 4 is 11.9 Å². The Morgan fingerprint density at radius 1 is 1.38 bits per heavy atom. The van der Waals surface area contributed by atoms with Crippen LogP contribution in [0, 0.1) is 6.92 Å². The van der Waals surface area contributed by atoms with Gasteiger partial charge in [-0.15, -0.1) is 0 Å². The fourth-order valence-corrected chi connectivity index (χ4v) is 1.31. The van der Waals surface area contributed by atoms with E-state index in [-0.39, 0.29) is 0 Å². The standard InChI is InChI=1S/C11H16N2/c1-4-12-13(5-2)11-9-7-6-8-10(11)3/h4,6-9H,5H2,1-3H3/b12-4-. The minimum absolute atomic E-state index is 0.898. The number of hydrogen-bond acceptors (Lipinski definition) is 2. The highest BCUT2D eigenvalue weighted by molar-refractivity contribution is 5.59. The Balaban J connectivity index is 2.97. The van der Waals surface area contributed by atoms with Crippen molar-refractivity contribution in [1.82, 2.24) is 0 Å². The molecule has 0 unspecified atom stereocenters. The van der Waals surface area contributed by atoms with Crippen molar-refractivity contribution < 1.29 is 0 Å². The summed E-state index contributed by atoms with van der Waals surface area (Å²) in [5.41, 5.74) is 2.44. The van der Waals surface area contributed by atoms with Crippen molar-refractivity contribution in [3.05, 3.63) is 29.8 Å². The summed E-state index contributed by atoms with van der Waals surface area (Å²) in [5.74, 6) is 0. The van der Waals surface area contributed by atoms with Gasteiger partial charge in [-0.1, -0.05) is 18.2 Å². The molecule has 1 aromatic carbocycles. The summed E-state index contributed by atoms with van der Waals surface area (Å²) < 4.78 is 0. The molecule has 0 aromatic heterocycles. The summed E-state index contributed by atoms with van der Waals surface area (Å²) in [6.45, 7) is 7.03. The van der Waals surface area contributed by atoms with Crippen molar-refractivity contribution in [2.24, 2.45) is 5.10 Å². The zero-order chi connectivity index (χ0) is 9.68. The van der Waals surface area contributed by atoms with Crippen LogP contribution in [-0.4, -0.2) is 12.8 Å². The molecule has 0 spiro atoms. The van der Waals surface area contributed by atoms with Crippen LogP contribution in [0.1, 0.15) is 19.4 Å². The molecule has 0 saturated heterocycles. The molecule has 13 heavy (non-hydrogen) atoms. The Morgan fingerprint density at radius 2 is 2.08 bits per heavy atom. The minimum atomic E-state index is 0.898. The van der Waals surface area contributed by atoms with E-state index in [1.54, 1.807) is 0 Å². The molecule has 2 heteroatoms. The molecule has 0 aliphatic heterocycles. The van der Waals surface area contributed by atoms with E-state index in [1.807, 2.05) is 30.3 Å². The van der Waals surface area contributed by atoms with Crippen LogP contribution in [0.2, 0.25) is 0 Å². The Hall–Kier alpha value is -1.31. The fraction of sp³-hybridized carbons (Fsp3) is 0.364. The van der Waals surface area contributed by atoms with E-state index in [2.05, 4.69) is 31.1 Å². The van der Waals surface area contributed by atoms with Crippen LogP contribution in [-0.2, 0) is 0 Å². The van der Waals surface area contributed by atoms with Crippen LogP contribution in [0.4, 0.5) is 5.69 Å². The molecular weight excluding hydrogens is 160 g/mol. The zero-order valence-corrected chi connectivity index (χ0v) is 8.49. The number of nitrogens with zero attached hydrogens (tertiary/aromatic N) is 2. The molecule has 2 nitrogen and oxygen atoms in total. The molecule has 0 heterocycles. The first-order valence-electron chi connectivity index (χ1n) is 4.61. The normalized spacial score (nSPS) is 10.7. The molecule has 0 radical (unpaired) electrons. The molecule has 0 fully saturated rings. The van der Waals surface area contributed by atoms with E-state index < -0.39 is 0 Å². The maximum absolute atomic E-state index is 4.28. The predicted octanol–water partition coefficient (Wildman–Crippen LogP) is 2.83. The van der Waals surface area contributed by atoms with Crippen molar-refractivity contribution in [2.45, 2.75) is 20.8 Å². The Labute approximate surface area is 79.9 Å². The number of anilines is 1. The van der Waals surface area contributed by atoms with Gasteiger partial charge in [0.2, 0.25) is 0 Å². The summed E-state index contributed by atoms with van der Waals surface area (Å²) in [4.78, 5) is 0. The van der Waals surface area contributed by atoms with Gasteiger partial charge < -0.3 is 0 Å². The van der Waals surface area contributed by atoms with Crippen molar-refractivity contribution in [3.63, 3.8) is 0 Å². The molecular formula is C11H16N2. The first-order valence-corrected chi connectivity index (χ1v) is 4.61. The lowest BCUT2D eigenvalue weighted by atomic mass is 10.2. The largest absolute Gasteiger partial charge is 0.266 e. The Morgan fingerprint density at radius 3 is 2.62 bits per heavy atom. The number of hydrazone groups is 1. The van der Waals surface area contributed by atoms with E-state index >= 15 is 0 Å². The second-order valence-corrected chi connectivity index (χ2v) is 2.88. The summed E-state index contributed by atoms with van der Waals surface area (Å²) in [6.07, 6.45) is 1.82. The minimum Gasteiger partial charge on any atom is -0.266 e. The van der Waals surface area contributed by atoms with Gasteiger partial charge in [-0.3, -0.25) is 5.01 Å². The van der Waals surface area contributed by atoms with Gasteiger partial charge in [-0.25, -0.2) is 0 Å². The van der Waals surface area contributed by atoms with Gasteiger partial charge in [0.05, 0.1) is 5.69 Å². The second kappa shape index (κ2) is 4.65. The third kappa shape index (κ3) is 2.31. The lowest BCUT2D eigenvalue weighted by Gasteiger charge is -2.18. The highest BCUT2D eigenvalue weighted by atomic mass is 15.4. The Kier molecular flexibility index (Phi) is 3.50. The molecule has 0 atom stereocenters. The van der Waals surface area contributed by atoms with Crippen LogP contribution in [0.25, 0.3) is 0 Å². The topological polar surface area (TPSA) is 15.6 Å². The smallest absolute Gasteiger partial charge is 0.0622 e. The van der Waals surface area contributed by atoms with Crippen LogP contribution >= 0.6 is 0 Å². The summed E-state index contributed by atoms with van der Waals surface area (Å²) >= 11 is 0. The molecule has 0 bridgehead atoms. The van der Waals surface area contributed by atoms with Crippen molar-refractivity contribution in [1.29, 1.82) is 0 Å². The highest BCUT2D eigenvalue weighted by Gasteiger charge is 2.02. The van der Waals surface area contributed by atoms with Gasteiger partial charge in [0, 0.05) is 12.8 Å². The van der Waals surface area contributed by atoms with Gasteiger partial charge in [0.25, 0.3) is 0 Å². The molecule has 0 N–H and O–H groups in total. The molecule has 0 amide bonds. The van der Waals surface area contributed by atoms with Gasteiger partial charge >= 0.3 is 0 Å². The number of benzene rings is 1. The van der Waals surface area contributed by atoms with Crippen molar-refractivity contribution in [3.8, 4) is 0 Å². The predicted molar refractivity (Wildman–Crippen MR) is 58.4 cm³/mol. The molecule has 70 valence electrons. The summed E-state index contributed by atoms with van der Waals surface area (Å²) in [5, 5.41) is 6.28. The fourth-order valence-electron chi connectivity index (χ4n) is 1.31. The first kappa shape index (κ1) is 9.78. The zero-order valence-electron chi connectivity index (χ0n) is 8.49. The Bertz CT molecular complexity index is 292. The van der Waals surface area contributed by atoms with E-state index in [1.165, 1.54) is 11.3 Å². The quantitative estimate of drug-likeness (QED) is 0.510. The monoisotopic (exact) mass is 176 g/mol. The molecule has 1 aromatic rings. The van der Waals surface area contributed by atoms with Crippen LogP contribution in [0.5, 0.6) is 0 Å². The SMILES string of the molecule is C/C=N\N(CC)c1ccccc1C. The third-order valence-corrected chi connectivity index (χ3v) is 1.95.